The van der Waals surface area contributed by atoms with Crippen molar-refractivity contribution in [2.75, 3.05) is 0 Å². The van der Waals surface area contributed by atoms with Gasteiger partial charge in [0.25, 0.3) is 0 Å². The third kappa shape index (κ3) is 4.84. The predicted octanol–water partition coefficient (Wildman–Crippen LogP) is 2.49. The molecule has 0 spiro atoms. The van der Waals surface area contributed by atoms with Gasteiger partial charge in [0, 0.05) is 6.42 Å². The van der Waals surface area contributed by atoms with Crippen molar-refractivity contribution in [1.82, 2.24) is 0 Å². The van der Waals surface area contributed by atoms with Crippen LogP contribution in [0.1, 0.15) is 31.9 Å². The van der Waals surface area contributed by atoms with Gasteiger partial charge in [0.1, 0.15) is 5.60 Å². The number of hydrogen-bond donors (Lipinski definition) is 1. The topological polar surface area (TPSA) is 69.4 Å². The van der Waals surface area contributed by atoms with Gasteiger partial charge in [-0.1, -0.05) is 12.1 Å². The SMILES string of the molecule is CC(C)(C)OC(=O)[C@@](N)(C=O)Cc1ccc(C(F)(F)F)cc1. The lowest BCUT2D eigenvalue weighted by Crippen LogP contribution is -2.54. The summed E-state index contributed by atoms with van der Waals surface area (Å²) in [5.74, 6) is -0.921. The van der Waals surface area contributed by atoms with Crippen molar-refractivity contribution >= 4 is 12.3 Å². The van der Waals surface area contributed by atoms with E-state index in [1.807, 2.05) is 0 Å². The molecule has 22 heavy (non-hydrogen) atoms. The van der Waals surface area contributed by atoms with Gasteiger partial charge < -0.3 is 15.3 Å². The fourth-order valence-corrected chi connectivity index (χ4v) is 1.68. The van der Waals surface area contributed by atoms with Crippen LogP contribution in [-0.4, -0.2) is 23.4 Å². The Bertz CT molecular complexity index is 547. The molecule has 4 nitrogen and oxygen atoms in total. The average molecular weight is 317 g/mol. The van der Waals surface area contributed by atoms with Crippen molar-refractivity contribution in [2.45, 2.75) is 44.5 Å². The van der Waals surface area contributed by atoms with Gasteiger partial charge in [0.05, 0.1) is 5.56 Å². The number of alkyl halides is 3. The molecule has 0 aliphatic rings. The lowest BCUT2D eigenvalue weighted by molar-refractivity contribution is -0.162. The minimum Gasteiger partial charge on any atom is -0.458 e. The second-order valence-electron chi connectivity index (χ2n) is 6.03. The van der Waals surface area contributed by atoms with Gasteiger partial charge in [-0.05, 0) is 38.5 Å². The highest BCUT2D eigenvalue weighted by Crippen LogP contribution is 2.29. The number of halogens is 3. The lowest BCUT2D eigenvalue weighted by atomic mass is 9.92. The molecule has 0 bridgehead atoms. The molecule has 0 fully saturated rings. The van der Waals surface area contributed by atoms with Gasteiger partial charge in [0.15, 0.2) is 11.8 Å². The van der Waals surface area contributed by atoms with Crippen molar-refractivity contribution in [3.63, 3.8) is 0 Å². The monoisotopic (exact) mass is 317 g/mol. The highest BCUT2D eigenvalue weighted by molar-refractivity contribution is 5.98. The number of ether oxygens (including phenoxy) is 1. The predicted molar refractivity (Wildman–Crippen MR) is 74.0 cm³/mol. The summed E-state index contributed by atoms with van der Waals surface area (Å²) in [7, 11) is 0. The number of esters is 1. The highest BCUT2D eigenvalue weighted by Gasteiger charge is 2.38. The van der Waals surface area contributed by atoms with Gasteiger partial charge in [-0.25, -0.2) is 4.79 Å². The van der Waals surface area contributed by atoms with Gasteiger partial charge in [0.2, 0.25) is 0 Å². The molecular formula is C15H18F3NO3. The number of benzene rings is 1. The molecular weight excluding hydrogens is 299 g/mol. The van der Waals surface area contributed by atoms with E-state index in [-0.39, 0.29) is 12.7 Å². The van der Waals surface area contributed by atoms with Crippen molar-refractivity contribution < 1.29 is 27.5 Å². The third-order valence-electron chi connectivity index (χ3n) is 2.77. The van der Waals surface area contributed by atoms with E-state index < -0.39 is 28.8 Å². The number of carbonyl (C=O) groups is 2. The van der Waals surface area contributed by atoms with Crippen LogP contribution in [0.15, 0.2) is 24.3 Å². The van der Waals surface area contributed by atoms with E-state index in [1.54, 1.807) is 20.8 Å². The van der Waals surface area contributed by atoms with Crippen LogP contribution in [0, 0.1) is 0 Å². The molecule has 1 aromatic rings. The average Bonchev–Trinajstić information content (AvgIpc) is 2.36. The van der Waals surface area contributed by atoms with Gasteiger partial charge in [-0.15, -0.1) is 0 Å². The quantitative estimate of drug-likeness (QED) is 0.526. The van der Waals surface area contributed by atoms with E-state index >= 15 is 0 Å². The van der Waals surface area contributed by atoms with Gasteiger partial charge >= 0.3 is 12.1 Å². The molecule has 1 aromatic carbocycles. The molecule has 0 amide bonds. The smallest absolute Gasteiger partial charge is 0.416 e. The first-order chi connectivity index (χ1) is 9.87. The molecule has 0 saturated carbocycles. The summed E-state index contributed by atoms with van der Waals surface area (Å²) < 4.78 is 42.5. The van der Waals surface area contributed by atoms with Crippen molar-refractivity contribution in [2.24, 2.45) is 5.73 Å². The number of nitrogens with two attached hydrogens (primary N) is 1. The molecule has 1 atom stereocenters. The Kier molecular flexibility index (Phi) is 5.02. The Hall–Kier alpha value is -1.89. The molecule has 0 aliphatic carbocycles. The zero-order chi connectivity index (χ0) is 17.2. The normalized spacial score (nSPS) is 15.0. The van der Waals surface area contributed by atoms with E-state index in [1.165, 1.54) is 12.1 Å². The Morgan fingerprint density at radius 1 is 1.18 bits per heavy atom. The van der Waals surface area contributed by atoms with Crippen LogP contribution in [0.25, 0.3) is 0 Å². The molecule has 7 heteroatoms. The minimum atomic E-state index is -4.45. The summed E-state index contributed by atoms with van der Waals surface area (Å²) in [6.45, 7) is 4.86. The maximum absolute atomic E-state index is 12.5. The zero-order valence-corrected chi connectivity index (χ0v) is 12.5. The summed E-state index contributed by atoms with van der Waals surface area (Å²) in [5, 5.41) is 0. The highest BCUT2D eigenvalue weighted by atomic mass is 19.4. The molecule has 0 heterocycles. The summed E-state index contributed by atoms with van der Waals surface area (Å²) in [6.07, 6.45) is -4.45. The molecule has 0 unspecified atom stereocenters. The number of hydrogen-bond acceptors (Lipinski definition) is 4. The Morgan fingerprint density at radius 3 is 2.05 bits per heavy atom. The lowest BCUT2D eigenvalue weighted by Gasteiger charge is -2.27. The summed E-state index contributed by atoms with van der Waals surface area (Å²) in [4.78, 5) is 23.2. The zero-order valence-electron chi connectivity index (χ0n) is 12.5. The molecule has 0 aliphatic heterocycles. The summed E-state index contributed by atoms with van der Waals surface area (Å²) >= 11 is 0. The first-order valence-corrected chi connectivity index (χ1v) is 6.52. The second kappa shape index (κ2) is 6.08. The molecule has 1 rings (SSSR count). The van der Waals surface area contributed by atoms with Crippen LogP contribution >= 0.6 is 0 Å². The van der Waals surface area contributed by atoms with E-state index in [4.69, 9.17) is 10.5 Å². The second-order valence-corrected chi connectivity index (χ2v) is 6.03. The summed E-state index contributed by atoms with van der Waals surface area (Å²) in [5.41, 5.74) is 2.48. The molecule has 2 N–H and O–H groups in total. The van der Waals surface area contributed by atoms with Crippen molar-refractivity contribution in [3.05, 3.63) is 35.4 Å². The maximum atomic E-state index is 12.5. The van der Waals surface area contributed by atoms with Gasteiger partial charge in [-0.3, -0.25) is 0 Å². The fraction of sp³-hybridized carbons (Fsp3) is 0.467. The van der Waals surface area contributed by atoms with E-state index in [0.29, 0.717) is 5.56 Å². The van der Waals surface area contributed by atoms with E-state index in [0.717, 1.165) is 12.1 Å². The Labute approximate surface area is 126 Å². The number of rotatable bonds is 4. The number of aldehydes is 1. The van der Waals surface area contributed by atoms with E-state index in [2.05, 4.69) is 0 Å². The maximum Gasteiger partial charge on any atom is 0.416 e. The number of carbonyl (C=O) groups excluding carboxylic acids is 2. The molecule has 0 saturated heterocycles. The molecule has 122 valence electrons. The third-order valence-corrected chi connectivity index (χ3v) is 2.77. The van der Waals surface area contributed by atoms with Crippen molar-refractivity contribution in [1.29, 1.82) is 0 Å². The Balaban J connectivity index is 2.94. The first-order valence-electron chi connectivity index (χ1n) is 6.52. The molecule has 0 aromatic heterocycles. The van der Waals surface area contributed by atoms with Crippen LogP contribution < -0.4 is 5.73 Å². The van der Waals surface area contributed by atoms with Crippen LogP contribution in [0.3, 0.4) is 0 Å². The van der Waals surface area contributed by atoms with Crippen LogP contribution in [0.4, 0.5) is 13.2 Å². The van der Waals surface area contributed by atoms with Crippen LogP contribution in [-0.2, 0) is 26.9 Å². The first kappa shape index (κ1) is 18.2. The largest absolute Gasteiger partial charge is 0.458 e. The minimum absolute atomic E-state index is 0.246. The van der Waals surface area contributed by atoms with E-state index in [9.17, 15) is 22.8 Å². The molecule has 0 radical (unpaired) electrons. The van der Waals surface area contributed by atoms with Gasteiger partial charge in [-0.2, -0.15) is 13.2 Å². The standard InChI is InChI=1S/C15H18F3NO3/c1-13(2,3)22-12(21)14(19,9-20)8-10-4-6-11(7-5-10)15(16,17)18/h4-7,9H,8,19H2,1-3H3/t14-/m0/s1. The van der Waals surface area contributed by atoms with Crippen LogP contribution in [0.2, 0.25) is 0 Å². The fourth-order valence-electron chi connectivity index (χ4n) is 1.68. The summed E-state index contributed by atoms with van der Waals surface area (Å²) in [6, 6.07) is 4.10. The van der Waals surface area contributed by atoms with Crippen LogP contribution in [0.5, 0.6) is 0 Å². The van der Waals surface area contributed by atoms with Crippen molar-refractivity contribution in [3.8, 4) is 0 Å². The Morgan fingerprint density at radius 2 is 1.68 bits per heavy atom.